The Balaban J connectivity index is 2.19. The fraction of sp³-hybridized carbons (Fsp3) is 0.154. The predicted octanol–water partition coefficient (Wildman–Crippen LogP) is 2.88. The number of hydrogen-bond acceptors (Lipinski definition) is 3. The second-order valence-corrected chi connectivity index (χ2v) is 4.05. The Labute approximate surface area is 105 Å². The van der Waals surface area contributed by atoms with Gasteiger partial charge in [0.2, 0.25) is 0 Å². The molecule has 0 spiro atoms. The number of rotatable bonds is 4. The summed E-state index contributed by atoms with van der Waals surface area (Å²) < 4.78 is 0. The number of aromatic nitrogens is 1. The highest BCUT2D eigenvalue weighted by Crippen LogP contribution is 2.24. The lowest BCUT2D eigenvalue weighted by Gasteiger charge is -2.18. The van der Waals surface area contributed by atoms with Crippen molar-refractivity contribution >= 4 is 17.3 Å². The first-order valence-corrected chi connectivity index (χ1v) is 5.71. The summed E-state index contributed by atoms with van der Waals surface area (Å²) in [5.74, 6) is 0. The number of nitrogens with one attached hydrogen (secondary N) is 1. The average molecular weight is 249 g/mol. The molecule has 2 N–H and O–H groups in total. The first-order valence-electron chi connectivity index (χ1n) is 5.33. The lowest BCUT2D eigenvalue weighted by Crippen LogP contribution is -2.14. The summed E-state index contributed by atoms with van der Waals surface area (Å²) in [5.41, 5.74) is 1.78. The maximum atomic E-state index is 9.41. The van der Waals surface area contributed by atoms with Gasteiger partial charge in [-0.3, -0.25) is 4.98 Å². The molecule has 0 aliphatic carbocycles. The number of benzene rings is 1. The Hall–Kier alpha value is -1.58. The maximum absolute atomic E-state index is 9.41. The average Bonchev–Trinajstić information content (AvgIpc) is 2.39. The molecule has 0 bridgehead atoms. The van der Waals surface area contributed by atoms with Gasteiger partial charge in [-0.1, -0.05) is 41.9 Å². The Morgan fingerprint density at radius 3 is 2.65 bits per heavy atom. The van der Waals surface area contributed by atoms with Crippen LogP contribution in [0.1, 0.15) is 11.6 Å². The third-order valence-electron chi connectivity index (χ3n) is 2.49. The largest absolute Gasteiger partial charge is 0.394 e. The van der Waals surface area contributed by atoms with E-state index in [0.29, 0.717) is 5.02 Å². The van der Waals surface area contributed by atoms with Gasteiger partial charge < -0.3 is 10.4 Å². The van der Waals surface area contributed by atoms with Gasteiger partial charge >= 0.3 is 0 Å². The summed E-state index contributed by atoms with van der Waals surface area (Å²) in [5, 5.41) is 13.1. The van der Waals surface area contributed by atoms with Crippen LogP contribution in [0.3, 0.4) is 0 Å². The highest BCUT2D eigenvalue weighted by molar-refractivity contribution is 6.33. The van der Waals surface area contributed by atoms with E-state index in [-0.39, 0.29) is 12.6 Å². The molecule has 0 amide bonds. The van der Waals surface area contributed by atoms with Gasteiger partial charge in [-0.05, 0) is 11.6 Å². The molecule has 17 heavy (non-hydrogen) atoms. The van der Waals surface area contributed by atoms with E-state index in [2.05, 4.69) is 10.3 Å². The minimum atomic E-state index is -0.170. The SMILES string of the molecule is OCC(Nc1ccncc1Cl)c1ccccc1. The molecule has 1 atom stereocenters. The number of pyridine rings is 1. The molecule has 0 saturated carbocycles. The van der Waals surface area contributed by atoms with Crippen LogP contribution in [0, 0.1) is 0 Å². The van der Waals surface area contributed by atoms with E-state index >= 15 is 0 Å². The molecule has 0 fully saturated rings. The van der Waals surface area contributed by atoms with Gasteiger partial charge in [-0.2, -0.15) is 0 Å². The molecule has 88 valence electrons. The van der Waals surface area contributed by atoms with Crippen LogP contribution >= 0.6 is 11.6 Å². The lowest BCUT2D eigenvalue weighted by molar-refractivity contribution is 0.276. The summed E-state index contributed by atoms with van der Waals surface area (Å²) in [6.45, 7) is 0.00264. The summed E-state index contributed by atoms with van der Waals surface area (Å²) in [6, 6.07) is 11.4. The zero-order valence-corrected chi connectivity index (χ0v) is 9.93. The first kappa shape index (κ1) is 11.9. The quantitative estimate of drug-likeness (QED) is 0.875. The Morgan fingerprint density at radius 1 is 1.24 bits per heavy atom. The second-order valence-electron chi connectivity index (χ2n) is 3.65. The Bertz CT molecular complexity index is 476. The number of aliphatic hydroxyl groups excluding tert-OH is 1. The van der Waals surface area contributed by atoms with Crippen molar-refractivity contribution in [2.75, 3.05) is 11.9 Å². The molecule has 0 aliphatic rings. The van der Waals surface area contributed by atoms with Crippen molar-refractivity contribution in [2.45, 2.75) is 6.04 Å². The van der Waals surface area contributed by atoms with Crippen molar-refractivity contribution in [1.29, 1.82) is 0 Å². The number of aliphatic hydroxyl groups is 1. The molecule has 1 heterocycles. The number of anilines is 1. The normalized spacial score (nSPS) is 12.1. The van der Waals surface area contributed by atoms with Gasteiger partial charge in [0.1, 0.15) is 0 Å². The molecule has 1 aromatic heterocycles. The first-order chi connectivity index (χ1) is 8.31. The molecule has 0 saturated heterocycles. The third kappa shape index (κ3) is 2.96. The summed E-state index contributed by atoms with van der Waals surface area (Å²) in [7, 11) is 0. The Kier molecular flexibility index (Phi) is 3.96. The monoisotopic (exact) mass is 248 g/mol. The molecule has 2 rings (SSSR count). The van der Waals surface area contributed by atoms with Crippen molar-refractivity contribution in [3.63, 3.8) is 0 Å². The van der Waals surface area contributed by atoms with E-state index in [9.17, 15) is 5.11 Å². The minimum Gasteiger partial charge on any atom is -0.394 e. The zero-order valence-electron chi connectivity index (χ0n) is 9.18. The highest BCUT2D eigenvalue weighted by atomic mass is 35.5. The molecule has 1 unspecified atom stereocenters. The van der Waals surface area contributed by atoms with Gasteiger partial charge in [0.25, 0.3) is 0 Å². The zero-order chi connectivity index (χ0) is 12.1. The summed E-state index contributed by atoms with van der Waals surface area (Å²) >= 11 is 6.01. The topological polar surface area (TPSA) is 45.1 Å². The van der Waals surface area contributed by atoms with Crippen molar-refractivity contribution in [3.8, 4) is 0 Å². The number of halogens is 1. The third-order valence-corrected chi connectivity index (χ3v) is 2.79. The van der Waals surface area contributed by atoms with Gasteiger partial charge in [0.05, 0.1) is 23.4 Å². The summed E-state index contributed by atoms with van der Waals surface area (Å²) in [6.07, 6.45) is 3.23. The molecule has 3 nitrogen and oxygen atoms in total. The van der Waals surface area contributed by atoms with Gasteiger partial charge in [0.15, 0.2) is 0 Å². The lowest BCUT2D eigenvalue weighted by atomic mass is 10.1. The van der Waals surface area contributed by atoms with Crippen LogP contribution in [0.25, 0.3) is 0 Å². The fourth-order valence-corrected chi connectivity index (χ4v) is 1.77. The van der Waals surface area contributed by atoms with E-state index < -0.39 is 0 Å². The van der Waals surface area contributed by atoms with Crippen LogP contribution in [-0.2, 0) is 0 Å². The standard InChI is InChI=1S/C13H13ClN2O/c14-11-8-15-7-6-12(11)16-13(9-17)10-4-2-1-3-5-10/h1-8,13,17H,9H2,(H,15,16). The van der Waals surface area contributed by atoms with Crippen molar-refractivity contribution in [1.82, 2.24) is 4.98 Å². The molecule has 1 aromatic carbocycles. The van der Waals surface area contributed by atoms with E-state index in [1.54, 1.807) is 18.5 Å². The molecular formula is C13H13ClN2O. The molecular weight excluding hydrogens is 236 g/mol. The van der Waals surface area contributed by atoms with Crippen molar-refractivity contribution in [3.05, 3.63) is 59.4 Å². The fourth-order valence-electron chi connectivity index (χ4n) is 1.60. The van der Waals surface area contributed by atoms with Crippen LogP contribution in [-0.4, -0.2) is 16.7 Å². The van der Waals surface area contributed by atoms with Crippen molar-refractivity contribution in [2.24, 2.45) is 0 Å². The molecule has 4 heteroatoms. The van der Waals surface area contributed by atoms with Crippen LogP contribution in [0.4, 0.5) is 5.69 Å². The smallest absolute Gasteiger partial charge is 0.0820 e. The number of hydrogen-bond donors (Lipinski definition) is 2. The predicted molar refractivity (Wildman–Crippen MR) is 69.1 cm³/mol. The molecule has 0 radical (unpaired) electrons. The van der Waals surface area contributed by atoms with Crippen LogP contribution in [0.2, 0.25) is 5.02 Å². The summed E-state index contributed by atoms with van der Waals surface area (Å²) in [4.78, 5) is 3.92. The maximum Gasteiger partial charge on any atom is 0.0820 e. The van der Waals surface area contributed by atoms with E-state index in [1.807, 2.05) is 30.3 Å². The van der Waals surface area contributed by atoms with Gasteiger partial charge in [0, 0.05) is 12.4 Å². The highest BCUT2D eigenvalue weighted by Gasteiger charge is 2.10. The molecule has 0 aliphatic heterocycles. The van der Waals surface area contributed by atoms with Crippen LogP contribution < -0.4 is 5.32 Å². The van der Waals surface area contributed by atoms with Gasteiger partial charge in [-0.15, -0.1) is 0 Å². The van der Waals surface area contributed by atoms with Crippen molar-refractivity contribution < 1.29 is 5.11 Å². The van der Waals surface area contributed by atoms with E-state index in [0.717, 1.165) is 11.3 Å². The van der Waals surface area contributed by atoms with Crippen LogP contribution in [0.5, 0.6) is 0 Å². The molecule has 2 aromatic rings. The Morgan fingerprint density at radius 2 is 2.00 bits per heavy atom. The van der Waals surface area contributed by atoms with Crippen LogP contribution in [0.15, 0.2) is 48.8 Å². The number of nitrogens with zero attached hydrogens (tertiary/aromatic N) is 1. The van der Waals surface area contributed by atoms with E-state index in [4.69, 9.17) is 11.6 Å². The van der Waals surface area contributed by atoms with Gasteiger partial charge in [-0.25, -0.2) is 0 Å². The minimum absolute atomic E-state index is 0.00264. The second kappa shape index (κ2) is 5.66. The van der Waals surface area contributed by atoms with E-state index in [1.165, 1.54) is 0 Å².